The van der Waals surface area contributed by atoms with Gasteiger partial charge in [0.1, 0.15) is 11.6 Å². The van der Waals surface area contributed by atoms with Crippen LogP contribution in [-0.4, -0.2) is 28.7 Å². The minimum atomic E-state index is -0.144. The second-order valence-corrected chi connectivity index (χ2v) is 9.69. The predicted molar refractivity (Wildman–Crippen MR) is 136 cm³/mol. The molecule has 1 saturated carbocycles. The van der Waals surface area contributed by atoms with Crippen molar-refractivity contribution in [2.24, 2.45) is 11.1 Å². The molecule has 2 aliphatic rings. The first-order chi connectivity index (χ1) is 15.7. The molecule has 1 aromatic heterocycles. The predicted octanol–water partition coefficient (Wildman–Crippen LogP) is 4.98. The Bertz CT molecular complexity index is 1260. The molecule has 0 amide bonds. The molecule has 1 aromatic carbocycles. The lowest BCUT2D eigenvalue weighted by atomic mass is 9.73. The van der Waals surface area contributed by atoms with Crippen LogP contribution in [0.5, 0.6) is 0 Å². The first-order valence-electron chi connectivity index (χ1n) is 11.1. The lowest BCUT2D eigenvalue weighted by Crippen LogP contribution is -2.48. The van der Waals surface area contributed by atoms with Gasteiger partial charge < -0.3 is 10.6 Å². The quantitative estimate of drug-likeness (QED) is 0.612. The van der Waals surface area contributed by atoms with Gasteiger partial charge in [-0.05, 0) is 74.8 Å². The highest BCUT2D eigenvalue weighted by molar-refractivity contribution is 6.43. The van der Waals surface area contributed by atoms with Gasteiger partial charge in [0.15, 0.2) is 0 Å². The number of nitrogens with two attached hydrogens (primary N) is 1. The molecule has 7 heteroatoms. The number of terminal acetylenes is 1. The lowest BCUT2D eigenvalue weighted by Gasteiger charge is -2.42. The van der Waals surface area contributed by atoms with Gasteiger partial charge in [-0.3, -0.25) is 9.36 Å². The van der Waals surface area contributed by atoms with Crippen molar-refractivity contribution in [3.8, 4) is 18.0 Å². The van der Waals surface area contributed by atoms with E-state index in [0.717, 1.165) is 43.7 Å². The molecule has 172 valence electrons. The van der Waals surface area contributed by atoms with E-state index in [9.17, 15) is 4.79 Å². The van der Waals surface area contributed by atoms with Gasteiger partial charge >= 0.3 is 0 Å². The van der Waals surface area contributed by atoms with Crippen LogP contribution in [0.15, 0.2) is 46.3 Å². The molecule has 5 nitrogen and oxygen atoms in total. The molecule has 0 bridgehead atoms. The number of nitrogens with zero attached hydrogens (tertiary/aromatic N) is 3. The van der Waals surface area contributed by atoms with Crippen LogP contribution in [0.3, 0.4) is 0 Å². The topological polar surface area (TPSA) is 64.2 Å². The van der Waals surface area contributed by atoms with Gasteiger partial charge in [0.25, 0.3) is 5.56 Å². The fourth-order valence-electron chi connectivity index (χ4n) is 5.27. The summed E-state index contributed by atoms with van der Waals surface area (Å²) in [5.74, 6) is 3.94. The SMILES string of the molecule is C#CC=C1/C(=C\C)CC2(CCN(c3nc(C)n(-c4cccc(Cl)c4Cl)c(=O)c3C)CC2)[C@@H]1N. The third kappa shape index (κ3) is 3.91. The fraction of sp³-hybridized carbons (Fsp3) is 0.385. The number of piperidine rings is 1. The summed E-state index contributed by atoms with van der Waals surface area (Å²) in [6, 6.07) is 5.17. The number of hydrogen-bond donors (Lipinski definition) is 1. The maximum absolute atomic E-state index is 13.4. The Hall–Kier alpha value is -2.52. The van der Waals surface area contributed by atoms with Crippen LogP contribution >= 0.6 is 23.2 Å². The van der Waals surface area contributed by atoms with Crippen molar-refractivity contribution in [2.75, 3.05) is 18.0 Å². The van der Waals surface area contributed by atoms with E-state index in [1.165, 1.54) is 10.1 Å². The maximum Gasteiger partial charge on any atom is 0.263 e. The smallest absolute Gasteiger partial charge is 0.263 e. The molecule has 4 rings (SSSR count). The summed E-state index contributed by atoms with van der Waals surface area (Å²) >= 11 is 12.6. The maximum atomic E-state index is 13.4. The van der Waals surface area contributed by atoms with Crippen molar-refractivity contribution in [3.05, 3.63) is 73.3 Å². The minimum Gasteiger partial charge on any atom is -0.356 e. The number of hydrogen-bond acceptors (Lipinski definition) is 4. The van der Waals surface area contributed by atoms with Crippen LogP contribution in [0.25, 0.3) is 5.69 Å². The number of aryl methyl sites for hydroxylation is 1. The average molecular weight is 483 g/mol. The Balaban J connectivity index is 1.64. The van der Waals surface area contributed by atoms with E-state index >= 15 is 0 Å². The molecule has 0 unspecified atom stereocenters. The first-order valence-corrected chi connectivity index (χ1v) is 11.9. The van der Waals surface area contributed by atoms with Crippen LogP contribution in [0, 0.1) is 31.6 Å². The van der Waals surface area contributed by atoms with Gasteiger partial charge in [-0.15, -0.1) is 6.42 Å². The Labute approximate surface area is 204 Å². The van der Waals surface area contributed by atoms with Gasteiger partial charge in [-0.1, -0.05) is 41.3 Å². The van der Waals surface area contributed by atoms with Crippen molar-refractivity contribution in [1.82, 2.24) is 9.55 Å². The van der Waals surface area contributed by atoms with Crippen LogP contribution < -0.4 is 16.2 Å². The Morgan fingerprint density at radius 3 is 2.61 bits per heavy atom. The van der Waals surface area contributed by atoms with Crippen molar-refractivity contribution in [3.63, 3.8) is 0 Å². The Morgan fingerprint density at radius 2 is 1.97 bits per heavy atom. The van der Waals surface area contributed by atoms with E-state index < -0.39 is 0 Å². The van der Waals surface area contributed by atoms with E-state index in [0.29, 0.717) is 27.1 Å². The van der Waals surface area contributed by atoms with Crippen LogP contribution in [0.4, 0.5) is 5.82 Å². The normalized spacial score (nSPS) is 22.3. The molecule has 1 saturated heterocycles. The molecule has 2 fully saturated rings. The first kappa shape index (κ1) is 23.6. The van der Waals surface area contributed by atoms with E-state index in [2.05, 4.69) is 16.9 Å². The highest BCUT2D eigenvalue weighted by Crippen LogP contribution is 2.50. The van der Waals surface area contributed by atoms with Gasteiger partial charge in [0, 0.05) is 19.1 Å². The summed E-state index contributed by atoms with van der Waals surface area (Å²) in [5.41, 5.74) is 10.0. The summed E-state index contributed by atoms with van der Waals surface area (Å²) in [6.07, 6.45) is 12.3. The minimum absolute atomic E-state index is 0.00667. The lowest BCUT2D eigenvalue weighted by molar-refractivity contribution is 0.210. The van der Waals surface area contributed by atoms with Gasteiger partial charge in [0.05, 0.1) is 21.3 Å². The molecule has 2 N–H and O–H groups in total. The fourth-order valence-corrected chi connectivity index (χ4v) is 5.65. The molecule has 2 aromatic rings. The summed E-state index contributed by atoms with van der Waals surface area (Å²) in [5, 5.41) is 0.735. The summed E-state index contributed by atoms with van der Waals surface area (Å²) in [7, 11) is 0. The van der Waals surface area contributed by atoms with Gasteiger partial charge in [0.2, 0.25) is 0 Å². The summed E-state index contributed by atoms with van der Waals surface area (Å²) in [4.78, 5) is 20.4. The van der Waals surface area contributed by atoms with E-state index in [1.807, 2.05) is 26.8 Å². The van der Waals surface area contributed by atoms with Gasteiger partial charge in [-0.2, -0.15) is 0 Å². The van der Waals surface area contributed by atoms with Crippen molar-refractivity contribution in [1.29, 1.82) is 0 Å². The summed E-state index contributed by atoms with van der Waals surface area (Å²) in [6.45, 7) is 7.23. The molecular weight excluding hydrogens is 455 g/mol. The largest absolute Gasteiger partial charge is 0.356 e. The molecule has 1 aliphatic heterocycles. The highest BCUT2D eigenvalue weighted by Gasteiger charge is 2.47. The summed E-state index contributed by atoms with van der Waals surface area (Å²) < 4.78 is 1.53. The zero-order chi connectivity index (χ0) is 23.9. The number of rotatable bonds is 2. The molecule has 2 heterocycles. The van der Waals surface area contributed by atoms with Gasteiger partial charge in [-0.25, -0.2) is 4.98 Å². The number of anilines is 1. The Kier molecular flexibility index (Phi) is 6.46. The number of aromatic nitrogens is 2. The van der Waals surface area contributed by atoms with Crippen LogP contribution in [0.1, 0.15) is 37.6 Å². The van der Waals surface area contributed by atoms with Crippen LogP contribution in [0.2, 0.25) is 10.0 Å². The molecule has 1 aliphatic carbocycles. The van der Waals surface area contributed by atoms with Crippen LogP contribution in [-0.2, 0) is 0 Å². The molecule has 33 heavy (non-hydrogen) atoms. The second-order valence-electron chi connectivity index (χ2n) is 8.91. The molecule has 0 radical (unpaired) electrons. The standard InChI is InChI=1S/C26H28Cl2N4O/c1-5-8-19-18(6-2)15-26(23(19)29)11-13-31(14-12-26)24-16(3)25(33)32(17(4)30-24)21-10-7-9-20(27)22(21)28/h1,6-10,23H,11-15,29H2,2-4H3/b18-6-,19-8?/t23-/m1/s1. The highest BCUT2D eigenvalue weighted by atomic mass is 35.5. The number of halogens is 2. The van der Waals surface area contributed by atoms with E-state index in [1.54, 1.807) is 18.2 Å². The van der Waals surface area contributed by atoms with Crippen molar-refractivity contribution < 1.29 is 0 Å². The third-order valence-electron chi connectivity index (χ3n) is 7.18. The number of benzene rings is 1. The third-order valence-corrected chi connectivity index (χ3v) is 7.99. The molecule has 1 spiro atoms. The zero-order valence-electron chi connectivity index (χ0n) is 19.2. The molecular formula is C26H28Cl2N4O. The number of allylic oxidation sites excluding steroid dienone is 2. The molecule has 1 atom stereocenters. The Morgan fingerprint density at radius 1 is 1.27 bits per heavy atom. The van der Waals surface area contributed by atoms with Crippen molar-refractivity contribution in [2.45, 2.75) is 46.1 Å². The average Bonchev–Trinajstić information content (AvgIpc) is 3.06. The van der Waals surface area contributed by atoms with Crippen molar-refractivity contribution >= 4 is 29.0 Å². The zero-order valence-corrected chi connectivity index (χ0v) is 20.7. The van der Waals surface area contributed by atoms with E-state index in [-0.39, 0.29) is 17.0 Å². The second kappa shape index (κ2) is 9.02. The monoisotopic (exact) mass is 482 g/mol. The van der Waals surface area contributed by atoms with E-state index in [4.69, 9.17) is 40.3 Å².